The monoisotopic (exact) mass is 210 g/mol. The van der Waals surface area contributed by atoms with E-state index in [9.17, 15) is 0 Å². The van der Waals surface area contributed by atoms with Crippen molar-refractivity contribution >= 4 is 5.96 Å². The van der Waals surface area contributed by atoms with Crippen LogP contribution in [0.4, 0.5) is 0 Å². The van der Waals surface area contributed by atoms with Crippen molar-refractivity contribution in [3.63, 3.8) is 0 Å². The maximum absolute atomic E-state index is 5.65. The van der Waals surface area contributed by atoms with Crippen molar-refractivity contribution in [1.82, 2.24) is 10.3 Å². The molecule has 0 aromatic carbocycles. The van der Waals surface area contributed by atoms with Crippen LogP contribution in [-0.4, -0.2) is 17.5 Å². The van der Waals surface area contributed by atoms with Crippen LogP contribution in [0.1, 0.15) is 25.5 Å². The number of aliphatic imine (C=N–C) groups is 1. The number of nitrogens with zero attached hydrogens (tertiary/aromatic N) is 2. The van der Waals surface area contributed by atoms with E-state index in [0.29, 0.717) is 24.3 Å². The lowest BCUT2D eigenvalue weighted by atomic mass is 10.2. The van der Waals surface area contributed by atoms with Crippen LogP contribution >= 0.6 is 0 Å². The van der Waals surface area contributed by atoms with Crippen LogP contribution in [0.15, 0.2) is 15.6 Å². The largest absolute Gasteiger partial charge is 0.444 e. The minimum Gasteiger partial charge on any atom is -0.444 e. The zero-order chi connectivity index (χ0) is 11.3. The summed E-state index contributed by atoms with van der Waals surface area (Å²) in [5.74, 6) is 2.35. The van der Waals surface area contributed by atoms with Crippen molar-refractivity contribution in [2.24, 2.45) is 16.6 Å². The number of guanidine groups is 1. The second-order valence-corrected chi connectivity index (χ2v) is 3.84. The Kier molecular flexibility index (Phi) is 4.15. The van der Waals surface area contributed by atoms with E-state index in [0.717, 1.165) is 12.3 Å². The molecule has 5 heteroatoms. The van der Waals surface area contributed by atoms with Gasteiger partial charge in [0, 0.05) is 6.54 Å². The Balaban J connectivity index is 2.36. The average Bonchev–Trinajstić information content (AvgIpc) is 2.58. The lowest BCUT2D eigenvalue weighted by molar-refractivity contribution is 0.473. The Morgan fingerprint density at radius 2 is 2.40 bits per heavy atom. The molecule has 0 aliphatic heterocycles. The zero-order valence-corrected chi connectivity index (χ0v) is 9.45. The summed E-state index contributed by atoms with van der Waals surface area (Å²) in [5.41, 5.74) is 5.65. The van der Waals surface area contributed by atoms with Crippen molar-refractivity contribution in [1.29, 1.82) is 0 Å². The molecule has 0 spiro atoms. The number of rotatable bonds is 4. The van der Waals surface area contributed by atoms with Gasteiger partial charge in [-0.2, -0.15) is 0 Å². The topological polar surface area (TPSA) is 76.4 Å². The fourth-order valence-corrected chi connectivity index (χ4v) is 0.992. The van der Waals surface area contributed by atoms with Gasteiger partial charge in [-0.25, -0.2) is 9.98 Å². The van der Waals surface area contributed by atoms with E-state index in [2.05, 4.69) is 29.1 Å². The lowest BCUT2D eigenvalue weighted by Crippen LogP contribution is -2.34. The molecule has 1 aromatic rings. The summed E-state index contributed by atoms with van der Waals surface area (Å²) >= 11 is 0. The highest BCUT2D eigenvalue weighted by molar-refractivity contribution is 5.77. The lowest BCUT2D eigenvalue weighted by Gasteiger charge is -2.06. The Labute approximate surface area is 89.8 Å². The first-order valence-electron chi connectivity index (χ1n) is 5.03. The van der Waals surface area contributed by atoms with E-state index in [-0.39, 0.29) is 0 Å². The predicted molar refractivity (Wildman–Crippen MR) is 59.4 cm³/mol. The summed E-state index contributed by atoms with van der Waals surface area (Å²) in [4.78, 5) is 8.13. The minimum atomic E-state index is 0.380. The molecule has 3 N–H and O–H groups in total. The summed E-state index contributed by atoms with van der Waals surface area (Å²) in [6, 6.07) is 0. The first-order chi connectivity index (χ1) is 7.08. The summed E-state index contributed by atoms with van der Waals surface area (Å²) in [6.45, 7) is 7.26. The molecule has 0 unspecified atom stereocenters. The smallest absolute Gasteiger partial charge is 0.216 e. The van der Waals surface area contributed by atoms with E-state index in [4.69, 9.17) is 10.2 Å². The van der Waals surface area contributed by atoms with Crippen molar-refractivity contribution in [3.05, 3.63) is 17.8 Å². The van der Waals surface area contributed by atoms with Gasteiger partial charge in [0.1, 0.15) is 12.3 Å². The van der Waals surface area contributed by atoms with Crippen molar-refractivity contribution in [2.45, 2.75) is 27.3 Å². The third kappa shape index (κ3) is 4.49. The fraction of sp³-hybridized carbons (Fsp3) is 0.600. The van der Waals surface area contributed by atoms with E-state index in [1.165, 1.54) is 0 Å². The molecule has 15 heavy (non-hydrogen) atoms. The van der Waals surface area contributed by atoms with Gasteiger partial charge in [-0.15, -0.1) is 0 Å². The summed E-state index contributed by atoms with van der Waals surface area (Å²) in [7, 11) is 0. The maximum atomic E-state index is 5.65. The van der Waals surface area contributed by atoms with Gasteiger partial charge in [0.25, 0.3) is 0 Å². The Hall–Kier alpha value is -1.52. The van der Waals surface area contributed by atoms with Crippen molar-refractivity contribution < 1.29 is 4.42 Å². The zero-order valence-electron chi connectivity index (χ0n) is 9.45. The highest BCUT2D eigenvalue weighted by Gasteiger charge is 1.99. The van der Waals surface area contributed by atoms with Gasteiger partial charge in [0.15, 0.2) is 5.96 Å². The first-order valence-corrected chi connectivity index (χ1v) is 5.03. The first kappa shape index (κ1) is 11.6. The molecule has 0 atom stereocenters. The van der Waals surface area contributed by atoms with Crippen LogP contribution in [0.5, 0.6) is 0 Å². The molecule has 0 bridgehead atoms. The number of nitrogens with two attached hydrogens (primary N) is 1. The molecule has 0 fully saturated rings. The number of aromatic nitrogens is 1. The quantitative estimate of drug-likeness (QED) is 0.575. The summed E-state index contributed by atoms with van der Waals surface area (Å²) in [6.07, 6.45) is 1.67. The molecular weight excluding hydrogens is 192 g/mol. The third-order valence-electron chi connectivity index (χ3n) is 1.75. The van der Waals surface area contributed by atoms with E-state index in [1.54, 1.807) is 6.20 Å². The molecule has 0 amide bonds. The molecule has 0 saturated carbocycles. The number of hydrogen-bond acceptors (Lipinski definition) is 3. The molecule has 1 rings (SSSR count). The van der Waals surface area contributed by atoms with Gasteiger partial charge in [0.2, 0.25) is 5.89 Å². The van der Waals surface area contributed by atoms with Gasteiger partial charge in [0.05, 0.1) is 6.20 Å². The number of aryl methyl sites for hydroxylation is 1. The van der Waals surface area contributed by atoms with E-state index < -0.39 is 0 Å². The fourth-order valence-electron chi connectivity index (χ4n) is 0.992. The van der Waals surface area contributed by atoms with Gasteiger partial charge in [-0.05, 0) is 12.8 Å². The highest BCUT2D eigenvalue weighted by atomic mass is 16.4. The van der Waals surface area contributed by atoms with Crippen LogP contribution in [0.3, 0.4) is 0 Å². The second-order valence-electron chi connectivity index (χ2n) is 3.84. The number of hydrogen-bond donors (Lipinski definition) is 2. The van der Waals surface area contributed by atoms with Gasteiger partial charge in [-0.1, -0.05) is 13.8 Å². The molecule has 0 radical (unpaired) electrons. The van der Waals surface area contributed by atoms with Crippen LogP contribution in [0.2, 0.25) is 0 Å². The van der Waals surface area contributed by atoms with Crippen LogP contribution in [-0.2, 0) is 6.54 Å². The highest BCUT2D eigenvalue weighted by Crippen LogP contribution is 2.02. The van der Waals surface area contributed by atoms with Crippen LogP contribution in [0.25, 0.3) is 0 Å². The van der Waals surface area contributed by atoms with Crippen molar-refractivity contribution in [3.8, 4) is 0 Å². The van der Waals surface area contributed by atoms with Crippen LogP contribution < -0.4 is 11.1 Å². The van der Waals surface area contributed by atoms with E-state index >= 15 is 0 Å². The Morgan fingerprint density at radius 1 is 1.67 bits per heavy atom. The predicted octanol–water partition coefficient (Wildman–Crippen LogP) is 1.04. The average molecular weight is 210 g/mol. The Morgan fingerprint density at radius 3 is 2.93 bits per heavy atom. The summed E-state index contributed by atoms with van der Waals surface area (Å²) < 4.78 is 5.26. The maximum Gasteiger partial charge on any atom is 0.216 e. The molecular formula is C10H18N4O. The third-order valence-corrected chi connectivity index (χ3v) is 1.75. The van der Waals surface area contributed by atoms with Crippen LogP contribution in [0, 0.1) is 12.8 Å². The normalized spacial score (nSPS) is 12.1. The molecule has 1 aromatic heterocycles. The van der Waals surface area contributed by atoms with Crippen molar-refractivity contribution in [2.75, 3.05) is 6.54 Å². The molecule has 0 aliphatic carbocycles. The van der Waals surface area contributed by atoms with E-state index in [1.807, 2.05) is 6.92 Å². The second kappa shape index (κ2) is 5.38. The number of oxazole rings is 1. The molecule has 1 heterocycles. The standard InChI is InChI=1S/C10H18N4O/c1-7(2)4-13-10(11)14-6-9-12-5-8(3)15-9/h5,7H,4,6H2,1-3H3,(H3,11,13,14). The Bertz CT molecular complexity index is 330. The molecule has 0 aliphatic rings. The van der Waals surface area contributed by atoms with Gasteiger partial charge >= 0.3 is 0 Å². The number of nitrogens with one attached hydrogen (secondary N) is 1. The van der Waals surface area contributed by atoms with Gasteiger partial charge in [-0.3, -0.25) is 0 Å². The summed E-state index contributed by atoms with van der Waals surface area (Å²) in [5, 5.41) is 3.02. The minimum absolute atomic E-state index is 0.380. The molecule has 5 nitrogen and oxygen atoms in total. The molecule has 0 saturated heterocycles. The molecule has 84 valence electrons. The SMILES string of the molecule is Cc1cnc(CN=C(N)NCC(C)C)o1. The van der Waals surface area contributed by atoms with Gasteiger partial charge < -0.3 is 15.5 Å².